The Morgan fingerprint density at radius 2 is 1.74 bits per heavy atom. The largest absolute Gasteiger partial charge is 0.496 e. The average molecular weight is 975 g/mol. The number of nitrogens with one attached hydrogen (secondary N) is 2. The number of esters is 1. The molecule has 0 aliphatic carbocycles. The third-order valence-electron chi connectivity index (χ3n) is 12.2. The Bertz CT molecular complexity index is 2190. The Kier molecular flexibility index (Phi) is 18.1. The zero-order valence-electron chi connectivity index (χ0n) is 39.3. The van der Waals surface area contributed by atoms with Crippen molar-refractivity contribution in [2.24, 2.45) is 11.8 Å². The molecule has 18 heteroatoms. The van der Waals surface area contributed by atoms with Crippen molar-refractivity contribution < 1.29 is 57.9 Å². The molecule has 0 spiro atoms. The number of amides is 3. The van der Waals surface area contributed by atoms with Crippen LogP contribution in [-0.4, -0.2) is 108 Å². The van der Waals surface area contributed by atoms with Crippen LogP contribution in [-0.2, 0) is 44.5 Å². The number of rotatable bonds is 15. The predicted molar refractivity (Wildman–Crippen MR) is 258 cm³/mol. The first-order valence-corrected chi connectivity index (χ1v) is 24.8. The van der Waals surface area contributed by atoms with Crippen LogP contribution in [0.5, 0.6) is 5.75 Å². The normalized spacial score (nSPS) is 27.9. The number of epoxide rings is 1. The highest BCUT2D eigenvalue weighted by Gasteiger charge is 2.64. The van der Waals surface area contributed by atoms with Crippen LogP contribution in [0.15, 0.2) is 54.1 Å². The van der Waals surface area contributed by atoms with Gasteiger partial charge in [-0.25, -0.2) is 4.79 Å². The van der Waals surface area contributed by atoms with E-state index in [1.807, 2.05) is 45.9 Å². The molecule has 3 aliphatic heterocycles. The molecule has 0 radical (unpaired) electrons. The Morgan fingerprint density at radius 1 is 1.06 bits per heavy atom. The van der Waals surface area contributed by atoms with Crippen molar-refractivity contribution in [2.45, 2.75) is 140 Å². The summed E-state index contributed by atoms with van der Waals surface area (Å²) in [5.41, 5.74) is 0.787. The number of fused-ring (bicyclic) bond motifs is 5. The van der Waals surface area contributed by atoms with Gasteiger partial charge in [0, 0.05) is 55.4 Å². The summed E-state index contributed by atoms with van der Waals surface area (Å²) in [6, 6.07) is 8.98. The molecule has 2 fully saturated rings. The van der Waals surface area contributed by atoms with Crippen molar-refractivity contribution in [1.29, 1.82) is 0 Å². The SMILES string of the molecule is COc1cc2cc(c1-c1ccc(NC(=O)CCC(C)SSC(C)CCC(=O)O)c(Cl)c1)N(C)C(=O)C[C@H](OC(=O)C(C)C)[C@]1(C)O[C@H]1[C@H](C)[C@@H]1C[C@@](O)(NC(=O)O1)[C@H](OC)/C=C/C=C(\C)C2. The third-order valence-corrected chi connectivity index (χ3v) is 16.1. The number of hydrogen-bond donors (Lipinski definition) is 4. The summed E-state index contributed by atoms with van der Waals surface area (Å²) in [6.07, 6.45) is 2.67. The number of carboxylic acids is 1. The third kappa shape index (κ3) is 13.2. The summed E-state index contributed by atoms with van der Waals surface area (Å²) in [5.74, 6) is -2.50. The molecule has 2 saturated heterocycles. The van der Waals surface area contributed by atoms with E-state index in [9.17, 15) is 29.1 Å². The van der Waals surface area contributed by atoms with Gasteiger partial charge in [-0.3, -0.25) is 24.5 Å². The van der Waals surface area contributed by atoms with Crippen LogP contribution in [0.2, 0.25) is 5.02 Å². The average Bonchev–Trinajstić information content (AvgIpc) is 3.96. The summed E-state index contributed by atoms with van der Waals surface area (Å²) in [7, 11) is 7.87. The second-order valence-electron chi connectivity index (χ2n) is 18.0. The molecule has 5 rings (SSSR count). The highest BCUT2D eigenvalue weighted by molar-refractivity contribution is 8.77. The number of halogens is 1. The van der Waals surface area contributed by atoms with Crippen LogP contribution in [0.25, 0.3) is 11.1 Å². The maximum Gasteiger partial charge on any atom is 0.409 e. The standard InChI is InChI=1S/C48H64ClN3O12S2/c1-26(2)45(57)63-39-24-41(54)52(8)35-21-31(20-27(3)12-11-13-38(61-10)48(59)25-37(62-46(58)51-48)30(6)44-47(39,7)64-44)22-36(60-9)43(35)32-16-17-34(33(49)23-32)50-40(53)18-14-28(4)65-66-29(5)15-19-42(55)56/h11-13,16-17,21-23,26,28-30,37-39,44,59H,14-15,18-20,24-25H2,1-10H3,(H,50,53)(H,51,58)(H,55,56)/b13-11+,27-12+/t28?,29?,30-,37+,38-,39+,44+,47+,48+/m1/s1. The van der Waals surface area contributed by atoms with Gasteiger partial charge in [-0.2, -0.15) is 0 Å². The fourth-order valence-electron chi connectivity index (χ4n) is 8.15. The fraction of sp³-hybridized carbons (Fsp3) is 0.562. The number of methoxy groups -OCH3 is 2. The number of carbonyl (C=O) groups is 5. The molecule has 362 valence electrons. The molecule has 15 nitrogen and oxygen atoms in total. The zero-order chi connectivity index (χ0) is 48.7. The highest BCUT2D eigenvalue weighted by Crippen LogP contribution is 2.50. The zero-order valence-corrected chi connectivity index (χ0v) is 41.7. The number of anilines is 2. The van der Waals surface area contributed by atoms with Crippen LogP contribution in [0, 0.1) is 11.8 Å². The second-order valence-corrected chi connectivity index (χ2v) is 21.5. The van der Waals surface area contributed by atoms with E-state index in [2.05, 4.69) is 10.6 Å². The van der Waals surface area contributed by atoms with Gasteiger partial charge in [-0.1, -0.05) is 97.7 Å². The van der Waals surface area contributed by atoms with Gasteiger partial charge in [0.1, 0.15) is 29.7 Å². The maximum atomic E-state index is 14.7. The summed E-state index contributed by atoms with van der Waals surface area (Å²) in [6.45, 7) is 12.9. The second kappa shape index (κ2) is 22.7. The molecular formula is C48H64ClN3O12S2. The van der Waals surface area contributed by atoms with Crippen LogP contribution < -0.4 is 20.3 Å². The van der Waals surface area contributed by atoms with E-state index in [4.69, 9.17) is 40.4 Å². The molecule has 4 bridgehead atoms. The lowest BCUT2D eigenvalue weighted by molar-refractivity contribution is -0.157. The molecule has 9 atom stereocenters. The number of nitrogens with zero attached hydrogens (tertiary/aromatic N) is 1. The topological polar surface area (TPSA) is 203 Å². The Balaban J connectivity index is 1.49. The quantitative estimate of drug-likeness (QED) is 0.0750. The number of ether oxygens (including phenoxy) is 5. The van der Waals surface area contributed by atoms with Gasteiger partial charge in [-0.05, 0) is 68.5 Å². The van der Waals surface area contributed by atoms with E-state index < -0.39 is 71.5 Å². The number of allylic oxidation sites excluding steroid dienone is 3. The van der Waals surface area contributed by atoms with E-state index in [0.29, 0.717) is 47.5 Å². The lowest BCUT2D eigenvalue weighted by Gasteiger charge is -2.42. The lowest BCUT2D eigenvalue weighted by Crippen LogP contribution is -2.63. The molecule has 66 heavy (non-hydrogen) atoms. The summed E-state index contributed by atoms with van der Waals surface area (Å²) < 4.78 is 29.8. The summed E-state index contributed by atoms with van der Waals surface area (Å²) in [4.78, 5) is 66.4. The van der Waals surface area contributed by atoms with Crippen LogP contribution in [0.1, 0.15) is 92.6 Å². The van der Waals surface area contributed by atoms with E-state index in [0.717, 1.165) is 11.1 Å². The smallest absolute Gasteiger partial charge is 0.409 e. The molecule has 0 saturated carbocycles. The first-order valence-electron chi connectivity index (χ1n) is 22.2. The minimum atomic E-state index is -1.83. The lowest BCUT2D eigenvalue weighted by atomic mass is 9.83. The number of benzene rings is 2. The molecule has 2 unspecified atom stereocenters. The van der Waals surface area contributed by atoms with Gasteiger partial charge < -0.3 is 44.1 Å². The highest BCUT2D eigenvalue weighted by atomic mass is 35.5. The van der Waals surface area contributed by atoms with Crippen molar-refractivity contribution in [2.75, 3.05) is 31.5 Å². The Morgan fingerprint density at radius 3 is 2.36 bits per heavy atom. The van der Waals surface area contributed by atoms with Gasteiger partial charge in [-0.15, -0.1) is 0 Å². The molecule has 2 aromatic carbocycles. The van der Waals surface area contributed by atoms with Crippen molar-refractivity contribution in [3.8, 4) is 16.9 Å². The van der Waals surface area contributed by atoms with Gasteiger partial charge >= 0.3 is 18.0 Å². The van der Waals surface area contributed by atoms with E-state index in [1.54, 1.807) is 79.8 Å². The summed E-state index contributed by atoms with van der Waals surface area (Å²) >= 11 is 6.88. The molecule has 3 aliphatic rings. The molecule has 4 N–H and O–H groups in total. The maximum absolute atomic E-state index is 14.7. The minimum Gasteiger partial charge on any atom is -0.496 e. The first-order chi connectivity index (χ1) is 31.1. The fourth-order valence-corrected chi connectivity index (χ4v) is 10.9. The number of alkyl carbamates (subject to hydrolysis) is 1. The van der Waals surface area contributed by atoms with Crippen molar-refractivity contribution in [3.05, 3.63) is 64.7 Å². The van der Waals surface area contributed by atoms with Crippen LogP contribution in [0.3, 0.4) is 0 Å². The number of hydrogen-bond acceptors (Lipinski definition) is 13. The van der Waals surface area contributed by atoms with Crippen molar-refractivity contribution in [3.63, 3.8) is 0 Å². The van der Waals surface area contributed by atoms with E-state index in [-0.39, 0.29) is 47.1 Å². The molecule has 3 heterocycles. The van der Waals surface area contributed by atoms with Crippen molar-refractivity contribution in [1.82, 2.24) is 5.32 Å². The molecule has 0 aromatic heterocycles. The number of carboxylic acid groups (broad SMARTS) is 1. The summed E-state index contributed by atoms with van der Waals surface area (Å²) in [5, 5.41) is 26.8. The molecule has 3 amide bonds. The Labute approximate surface area is 400 Å². The number of aliphatic hydroxyl groups is 1. The van der Waals surface area contributed by atoms with Gasteiger partial charge in [0.15, 0.2) is 5.72 Å². The number of carbonyl (C=O) groups excluding carboxylic acids is 4. The first kappa shape index (κ1) is 52.7. The van der Waals surface area contributed by atoms with E-state index >= 15 is 0 Å². The van der Waals surface area contributed by atoms with E-state index in [1.165, 1.54) is 19.1 Å². The van der Waals surface area contributed by atoms with Crippen LogP contribution in [0.4, 0.5) is 16.2 Å². The molecular weight excluding hydrogens is 910 g/mol. The van der Waals surface area contributed by atoms with Gasteiger partial charge in [0.25, 0.3) is 0 Å². The minimum absolute atomic E-state index is 0.0392. The van der Waals surface area contributed by atoms with Crippen LogP contribution >= 0.6 is 33.2 Å². The van der Waals surface area contributed by atoms with Gasteiger partial charge in [0.2, 0.25) is 11.8 Å². The number of aliphatic carboxylic acids is 1. The molecule has 2 aromatic rings. The Hall–Kier alpha value is -4.26. The predicted octanol–water partition coefficient (Wildman–Crippen LogP) is 8.73. The van der Waals surface area contributed by atoms with Crippen molar-refractivity contribution >= 4 is 74.4 Å². The van der Waals surface area contributed by atoms with Gasteiger partial charge in [0.05, 0.1) is 41.9 Å². The monoisotopic (exact) mass is 973 g/mol.